The zero-order valence-corrected chi connectivity index (χ0v) is 24.2. The summed E-state index contributed by atoms with van der Waals surface area (Å²) < 4.78 is 6.43. The van der Waals surface area contributed by atoms with Crippen LogP contribution in [0.1, 0.15) is 5.56 Å². The Labute approximate surface area is 254 Å². The molecule has 0 aliphatic carbocycles. The third-order valence-corrected chi connectivity index (χ3v) is 9.04. The van der Waals surface area contributed by atoms with Crippen molar-refractivity contribution in [1.29, 1.82) is 0 Å². The lowest BCUT2D eigenvalue weighted by Crippen LogP contribution is -1.91. The molecule has 0 N–H and O–H groups in total. The number of rotatable bonds is 3. The highest BCUT2D eigenvalue weighted by Crippen LogP contribution is 2.44. The van der Waals surface area contributed by atoms with Gasteiger partial charge in [0.05, 0.1) is 5.52 Å². The van der Waals surface area contributed by atoms with Gasteiger partial charge in [-0.15, -0.1) is 0 Å². The molecule has 206 valence electrons. The molecular formula is C42H27NO. The fourth-order valence-electron chi connectivity index (χ4n) is 7.01. The number of pyridine rings is 1. The van der Waals surface area contributed by atoms with E-state index >= 15 is 0 Å². The van der Waals surface area contributed by atoms with E-state index < -0.39 is 0 Å². The van der Waals surface area contributed by atoms with E-state index in [4.69, 9.17) is 9.40 Å². The van der Waals surface area contributed by atoms with Crippen LogP contribution in [0.2, 0.25) is 0 Å². The summed E-state index contributed by atoms with van der Waals surface area (Å²) in [6, 6.07) is 52.1. The van der Waals surface area contributed by atoms with E-state index in [2.05, 4.69) is 140 Å². The Hall–Kier alpha value is -5.73. The van der Waals surface area contributed by atoms with Gasteiger partial charge in [0.1, 0.15) is 5.58 Å². The lowest BCUT2D eigenvalue weighted by atomic mass is 9.85. The van der Waals surface area contributed by atoms with Gasteiger partial charge in [-0.3, -0.25) is 0 Å². The van der Waals surface area contributed by atoms with Crippen molar-refractivity contribution in [2.45, 2.75) is 6.92 Å². The molecule has 0 aliphatic rings. The fourth-order valence-corrected chi connectivity index (χ4v) is 7.01. The van der Waals surface area contributed by atoms with Gasteiger partial charge < -0.3 is 4.42 Å². The maximum Gasteiger partial charge on any atom is 0.227 e. The van der Waals surface area contributed by atoms with Gasteiger partial charge in [0, 0.05) is 21.7 Å². The van der Waals surface area contributed by atoms with E-state index in [9.17, 15) is 0 Å². The van der Waals surface area contributed by atoms with E-state index in [-0.39, 0.29) is 0 Å². The summed E-state index contributed by atoms with van der Waals surface area (Å²) in [5.41, 5.74) is 11.0. The van der Waals surface area contributed by atoms with Crippen LogP contribution in [-0.4, -0.2) is 4.98 Å². The van der Waals surface area contributed by atoms with Gasteiger partial charge in [0.25, 0.3) is 0 Å². The molecule has 2 aromatic heterocycles. The number of benzene rings is 7. The molecule has 2 heterocycles. The predicted molar refractivity (Wildman–Crippen MR) is 185 cm³/mol. The normalized spacial score (nSPS) is 11.8. The molecule has 0 fully saturated rings. The first kappa shape index (κ1) is 24.8. The second-order valence-corrected chi connectivity index (χ2v) is 11.5. The number of hydrogen-bond donors (Lipinski definition) is 0. The Morgan fingerprint density at radius 3 is 1.77 bits per heavy atom. The van der Waals surface area contributed by atoms with Gasteiger partial charge in [0.2, 0.25) is 5.71 Å². The van der Waals surface area contributed by atoms with Crippen LogP contribution >= 0.6 is 0 Å². The van der Waals surface area contributed by atoms with Gasteiger partial charge in [-0.1, -0.05) is 121 Å². The summed E-state index contributed by atoms with van der Waals surface area (Å²) in [6.07, 6.45) is 0. The van der Waals surface area contributed by atoms with Crippen molar-refractivity contribution in [2.24, 2.45) is 0 Å². The van der Waals surface area contributed by atoms with Crippen molar-refractivity contribution in [3.63, 3.8) is 0 Å². The van der Waals surface area contributed by atoms with E-state index in [0.717, 1.165) is 38.4 Å². The number of fused-ring (bicyclic) bond motifs is 6. The predicted octanol–water partition coefficient (Wildman–Crippen LogP) is 11.8. The largest absolute Gasteiger partial charge is 0.437 e. The Bertz CT molecular complexity index is 2500. The molecule has 0 saturated carbocycles. The highest BCUT2D eigenvalue weighted by molar-refractivity contribution is 6.21. The maximum absolute atomic E-state index is 6.43. The number of furan rings is 1. The molecule has 7 aromatic carbocycles. The molecule has 0 spiro atoms. The number of nitrogens with zero attached hydrogens (tertiary/aromatic N) is 1. The van der Waals surface area contributed by atoms with Crippen LogP contribution in [0.25, 0.3) is 87.9 Å². The molecule has 2 nitrogen and oxygen atoms in total. The molecule has 0 amide bonds. The smallest absolute Gasteiger partial charge is 0.227 e. The third-order valence-electron chi connectivity index (χ3n) is 9.04. The molecule has 0 aliphatic heterocycles. The molecular weight excluding hydrogens is 534 g/mol. The second kappa shape index (κ2) is 9.65. The standard InChI is InChI=1S/C42H27NO/c1-26-31(22-23-36-37-25-29-14-5-10-21-38(29)43-42(37)44-41(26)36)28-15-11-16-30(24-28)40-34-19-8-6-17-32(34)39(27-12-3-2-4-13-27)33-18-7-9-20-35(33)40/h2-25H,1H3. The fraction of sp³-hybridized carbons (Fsp3) is 0.0238. The highest BCUT2D eigenvalue weighted by atomic mass is 16.3. The van der Waals surface area contributed by atoms with Crippen LogP contribution in [0.3, 0.4) is 0 Å². The number of aromatic nitrogens is 1. The van der Waals surface area contributed by atoms with E-state index in [1.54, 1.807) is 0 Å². The summed E-state index contributed by atoms with van der Waals surface area (Å²) in [5.74, 6) is 0. The van der Waals surface area contributed by atoms with Crippen molar-refractivity contribution in [3.8, 4) is 33.4 Å². The average molecular weight is 562 g/mol. The van der Waals surface area contributed by atoms with Crippen molar-refractivity contribution in [3.05, 3.63) is 151 Å². The van der Waals surface area contributed by atoms with Crippen molar-refractivity contribution in [1.82, 2.24) is 4.98 Å². The third kappa shape index (κ3) is 3.71. The van der Waals surface area contributed by atoms with Crippen molar-refractivity contribution >= 4 is 54.5 Å². The summed E-state index contributed by atoms with van der Waals surface area (Å²) in [5, 5.41) is 8.31. The van der Waals surface area contributed by atoms with Crippen LogP contribution < -0.4 is 0 Å². The molecule has 0 unspecified atom stereocenters. The quantitative estimate of drug-likeness (QED) is 0.201. The Morgan fingerprint density at radius 1 is 0.455 bits per heavy atom. The van der Waals surface area contributed by atoms with Crippen LogP contribution in [0.4, 0.5) is 0 Å². The summed E-state index contributed by atoms with van der Waals surface area (Å²) in [4.78, 5) is 4.83. The average Bonchev–Trinajstić information content (AvgIpc) is 3.45. The molecule has 9 rings (SSSR count). The van der Waals surface area contributed by atoms with Crippen LogP contribution in [0.5, 0.6) is 0 Å². The van der Waals surface area contributed by atoms with Crippen LogP contribution in [0, 0.1) is 6.92 Å². The van der Waals surface area contributed by atoms with E-state index in [1.807, 2.05) is 12.1 Å². The number of hydrogen-bond acceptors (Lipinski definition) is 2. The summed E-state index contributed by atoms with van der Waals surface area (Å²) in [6.45, 7) is 2.16. The molecule has 0 saturated heterocycles. The first-order chi connectivity index (χ1) is 21.7. The van der Waals surface area contributed by atoms with Crippen LogP contribution in [-0.2, 0) is 0 Å². The lowest BCUT2D eigenvalue weighted by molar-refractivity contribution is 0.653. The number of aryl methyl sites for hydroxylation is 1. The first-order valence-corrected chi connectivity index (χ1v) is 15.1. The minimum atomic E-state index is 0.684. The zero-order valence-electron chi connectivity index (χ0n) is 24.2. The van der Waals surface area contributed by atoms with E-state index in [0.29, 0.717) is 5.71 Å². The van der Waals surface area contributed by atoms with Crippen molar-refractivity contribution < 1.29 is 4.42 Å². The molecule has 44 heavy (non-hydrogen) atoms. The van der Waals surface area contributed by atoms with Gasteiger partial charge >= 0.3 is 0 Å². The summed E-state index contributed by atoms with van der Waals surface area (Å²) >= 11 is 0. The molecule has 0 radical (unpaired) electrons. The summed E-state index contributed by atoms with van der Waals surface area (Å²) in [7, 11) is 0. The van der Waals surface area contributed by atoms with Gasteiger partial charge in [-0.25, -0.2) is 4.98 Å². The Kier molecular flexibility index (Phi) is 5.45. The lowest BCUT2D eigenvalue weighted by Gasteiger charge is -2.18. The van der Waals surface area contributed by atoms with Crippen molar-refractivity contribution in [2.75, 3.05) is 0 Å². The highest BCUT2D eigenvalue weighted by Gasteiger charge is 2.18. The second-order valence-electron chi connectivity index (χ2n) is 11.5. The SMILES string of the molecule is Cc1c(-c2cccc(-c3c4ccccc4c(-c4ccccc4)c4ccccc34)c2)ccc2c1oc1nc3ccccc3cc12. The Balaban J connectivity index is 1.27. The number of para-hydroxylation sites is 1. The van der Waals surface area contributed by atoms with Crippen LogP contribution in [0.15, 0.2) is 150 Å². The molecule has 0 atom stereocenters. The van der Waals surface area contributed by atoms with E-state index in [1.165, 1.54) is 49.4 Å². The topological polar surface area (TPSA) is 26.0 Å². The minimum Gasteiger partial charge on any atom is -0.437 e. The van der Waals surface area contributed by atoms with Gasteiger partial charge in [-0.2, -0.15) is 0 Å². The molecule has 0 bridgehead atoms. The minimum absolute atomic E-state index is 0.684. The molecule has 2 heteroatoms. The monoisotopic (exact) mass is 561 g/mol. The van der Waals surface area contributed by atoms with Gasteiger partial charge in [0.15, 0.2) is 0 Å². The molecule has 9 aromatic rings. The van der Waals surface area contributed by atoms with Gasteiger partial charge in [-0.05, 0) is 86.1 Å². The first-order valence-electron chi connectivity index (χ1n) is 15.1. The Morgan fingerprint density at radius 2 is 1.05 bits per heavy atom. The zero-order chi connectivity index (χ0) is 29.2. The maximum atomic E-state index is 6.43.